The number of amides is 1. The normalized spacial score (nSPS) is 14.8. The van der Waals surface area contributed by atoms with Crippen molar-refractivity contribution in [3.8, 4) is 0 Å². The van der Waals surface area contributed by atoms with Gasteiger partial charge >= 0.3 is 0 Å². The molecule has 1 aliphatic heterocycles. The molecule has 0 spiro atoms. The number of morpholine rings is 1. The van der Waals surface area contributed by atoms with Gasteiger partial charge in [0.25, 0.3) is 5.56 Å². The number of hydrogen-bond donors (Lipinski definition) is 1. The Morgan fingerprint density at radius 3 is 2.66 bits per heavy atom. The fourth-order valence-electron chi connectivity index (χ4n) is 3.31. The van der Waals surface area contributed by atoms with Crippen LogP contribution >= 0.6 is 15.9 Å². The molecule has 1 amide bonds. The van der Waals surface area contributed by atoms with Gasteiger partial charge in [0.15, 0.2) is 0 Å². The summed E-state index contributed by atoms with van der Waals surface area (Å²) in [4.78, 5) is 31.6. The highest BCUT2D eigenvalue weighted by atomic mass is 79.9. The topological polar surface area (TPSA) is 76.5 Å². The molecule has 8 heteroatoms. The van der Waals surface area contributed by atoms with Crippen LogP contribution in [-0.2, 0) is 22.6 Å². The van der Waals surface area contributed by atoms with E-state index in [9.17, 15) is 9.59 Å². The van der Waals surface area contributed by atoms with E-state index in [1.165, 1.54) is 16.5 Å². The number of fused-ring (bicyclic) bond motifs is 1. The van der Waals surface area contributed by atoms with Crippen molar-refractivity contribution in [2.45, 2.75) is 13.1 Å². The van der Waals surface area contributed by atoms with Gasteiger partial charge in [-0.05, 0) is 35.9 Å². The second-order valence-corrected chi connectivity index (χ2v) is 7.89. The van der Waals surface area contributed by atoms with E-state index in [0.29, 0.717) is 16.6 Å². The van der Waals surface area contributed by atoms with Gasteiger partial charge in [0.05, 0.1) is 30.4 Å². The third-order valence-electron chi connectivity index (χ3n) is 4.85. The number of benzene rings is 2. The molecule has 1 aliphatic rings. The summed E-state index contributed by atoms with van der Waals surface area (Å²) < 4.78 is 7.48. The zero-order chi connectivity index (χ0) is 20.2. The van der Waals surface area contributed by atoms with E-state index < -0.39 is 0 Å². The number of rotatable bonds is 5. The monoisotopic (exact) mass is 456 g/mol. The standard InChI is InChI=1S/C21H21BrN4O3/c22-16-3-6-19-18(11-16)21(28)26(14-23-19)13-20(27)24-17-4-1-15(2-5-17)12-25-7-9-29-10-8-25/h1-6,11,14H,7-10,12-13H2,(H,24,27). The molecule has 3 aromatic rings. The van der Waals surface area contributed by atoms with Crippen LogP contribution in [0.3, 0.4) is 0 Å². The van der Waals surface area contributed by atoms with Crippen molar-refractivity contribution in [2.24, 2.45) is 0 Å². The van der Waals surface area contributed by atoms with Crippen LogP contribution in [0.1, 0.15) is 5.56 Å². The van der Waals surface area contributed by atoms with Crippen molar-refractivity contribution in [3.05, 3.63) is 69.2 Å². The third kappa shape index (κ3) is 4.90. The quantitative estimate of drug-likeness (QED) is 0.638. The van der Waals surface area contributed by atoms with Gasteiger partial charge in [-0.3, -0.25) is 19.1 Å². The molecule has 0 atom stereocenters. The number of nitrogens with one attached hydrogen (secondary N) is 1. The van der Waals surface area contributed by atoms with Crippen molar-refractivity contribution in [3.63, 3.8) is 0 Å². The molecule has 2 heterocycles. The molecule has 0 unspecified atom stereocenters. The van der Waals surface area contributed by atoms with Crippen LogP contribution in [0.2, 0.25) is 0 Å². The molecule has 1 fully saturated rings. The summed E-state index contributed by atoms with van der Waals surface area (Å²) >= 11 is 3.36. The van der Waals surface area contributed by atoms with E-state index in [1.807, 2.05) is 30.3 Å². The van der Waals surface area contributed by atoms with Crippen LogP contribution in [0.4, 0.5) is 5.69 Å². The molecule has 2 aromatic carbocycles. The van der Waals surface area contributed by atoms with E-state index >= 15 is 0 Å². The average molecular weight is 457 g/mol. The van der Waals surface area contributed by atoms with Gasteiger partial charge in [0, 0.05) is 29.8 Å². The van der Waals surface area contributed by atoms with Gasteiger partial charge in [-0.2, -0.15) is 0 Å². The van der Waals surface area contributed by atoms with Crippen LogP contribution in [0.5, 0.6) is 0 Å². The van der Waals surface area contributed by atoms with Crippen molar-refractivity contribution in [1.82, 2.24) is 14.5 Å². The molecule has 1 aromatic heterocycles. The molecule has 4 rings (SSSR count). The Bertz CT molecular complexity index is 1080. The van der Waals surface area contributed by atoms with Crippen molar-refractivity contribution < 1.29 is 9.53 Å². The van der Waals surface area contributed by atoms with E-state index in [-0.39, 0.29) is 18.0 Å². The summed E-state index contributed by atoms with van der Waals surface area (Å²) in [6.45, 7) is 4.19. The zero-order valence-electron chi connectivity index (χ0n) is 15.8. The lowest BCUT2D eigenvalue weighted by Gasteiger charge is -2.26. The Kier molecular flexibility index (Phi) is 6.03. The minimum atomic E-state index is -0.274. The third-order valence-corrected chi connectivity index (χ3v) is 5.34. The molecule has 29 heavy (non-hydrogen) atoms. The molecule has 0 radical (unpaired) electrons. The number of carbonyl (C=O) groups excluding carboxylic acids is 1. The maximum Gasteiger partial charge on any atom is 0.261 e. The van der Waals surface area contributed by atoms with Crippen LogP contribution in [0, 0.1) is 0 Å². The summed E-state index contributed by atoms with van der Waals surface area (Å²) in [5, 5.41) is 3.31. The van der Waals surface area contributed by atoms with Gasteiger partial charge in [0.1, 0.15) is 6.54 Å². The summed E-state index contributed by atoms with van der Waals surface area (Å²) in [5.74, 6) is -0.274. The van der Waals surface area contributed by atoms with Crippen molar-refractivity contribution >= 4 is 38.4 Å². The minimum Gasteiger partial charge on any atom is -0.379 e. The summed E-state index contributed by atoms with van der Waals surface area (Å²) in [6.07, 6.45) is 1.41. The zero-order valence-corrected chi connectivity index (χ0v) is 17.4. The fourth-order valence-corrected chi connectivity index (χ4v) is 3.67. The highest BCUT2D eigenvalue weighted by Gasteiger charge is 2.11. The van der Waals surface area contributed by atoms with E-state index in [4.69, 9.17) is 4.74 Å². The van der Waals surface area contributed by atoms with Crippen LogP contribution in [0.15, 0.2) is 58.1 Å². The lowest BCUT2D eigenvalue weighted by Crippen LogP contribution is -2.35. The van der Waals surface area contributed by atoms with Crippen molar-refractivity contribution in [1.29, 1.82) is 0 Å². The number of carbonyl (C=O) groups is 1. The predicted molar refractivity (Wildman–Crippen MR) is 115 cm³/mol. The molecule has 7 nitrogen and oxygen atoms in total. The number of aromatic nitrogens is 2. The van der Waals surface area contributed by atoms with Gasteiger partial charge < -0.3 is 10.1 Å². The maximum atomic E-state index is 12.6. The molecular formula is C21H21BrN4O3. The number of hydrogen-bond acceptors (Lipinski definition) is 5. The molecule has 1 N–H and O–H groups in total. The number of anilines is 1. The predicted octanol–water partition coefficient (Wildman–Crippen LogP) is 2.63. The SMILES string of the molecule is O=C(Cn1cnc2ccc(Br)cc2c1=O)Nc1ccc(CN2CCOCC2)cc1. The maximum absolute atomic E-state index is 12.6. The molecule has 0 bridgehead atoms. The Morgan fingerprint density at radius 1 is 1.14 bits per heavy atom. The van der Waals surface area contributed by atoms with Crippen LogP contribution in [0.25, 0.3) is 10.9 Å². The smallest absolute Gasteiger partial charge is 0.261 e. The first-order valence-electron chi connectivity index (χ1n) is 9.42. The van der Waals surface area contributed by atoms with E-state index in [0.717, 1.165) is 37.3 Å². The second-order valence-electron chi connectivity index (χ2n) is 6.97. The number of ether oxygens (including phenoxy) is 1. The Balaban J connectivity index is 1.40. The number of halogens is 1. The summed E-state index contributed by atoms with van der Waals surface area (Å²) in [6, 6.07) is 13.1. The molecule has 0 saturated carbocycles. The first-order valence-corrected chi connectivity index (χ1v) is 10.2. The van der Waals surface area contributed by atoms with E-state index in [2.05, 4.69) is 31.1 Å². The summed E-state index contributed by atoms with van der Waals surface area (Å²) in [5.41, 5.74) is 2.24. The van der Waals surface area contributed by atoms with Crippen LogP contribution < -0.4 is 10.9 Å². The molecule has 0 aliphatic carbocycles. The Morgan fingerprint density at radius 2 is 1.90 bits per heavy atom. The molecule has 1 saturated heterocycles. The largest absolute Gasteiger partial charge is 0.379 e. The fraction of sp³-hybridized carbons (Fsp3) is 0.286. The van der Waals surface area contributed by atoms with E-state index in [1.54, 1.807) is 12.1 Å². The minimum absolute atomic E-state index is 0.0934. The van der Waals surface area contributed by atoms with Crippen LogP contribution in [-0.4, -0.2) is 46.7 Å². The average Bonchev–Trinajstić information content (AvgIpc) is 2.73. The number of nitrogens with zero attached hydrogens (tertiary/aromatic N) is 3. The lowest BCUT2D eigenvalue weighted by atomic mass is 10.2. The lowest BCUT2D eigenvalue weighted by molar-refractivity contribution is -0.116. The first kappa shape index (κ1) is 19.8. The van der Waals surface area contributed by atoms with Gasteiger partial charge in [0.2, 0.25) is 5.91 Å². The Hall–Kier alpha value is -2.55. The first-order chi connectivity index (χ1) is 14.1. The Labute approximate surface area is 176 Å². The van der Waals surface area contributed by atoms with Crippen molar-refractivity contribution in [2.75, 3.05) is 31.6 Å². The van der Waals surface area contributed by atoms with Gasteiger partial charge in [-0.1, -0.05) is 28.1 Å². The highest BCUT2D eigenvalue weighted by molar-refractivity contribution is 9.10. The van der Waals surface area contributed by atoms with Gasteiger partial charge in [-0.15, -0.1) is 0 Å². The second kappa shape index (κ2) is 8.86. The highest BCUT2D eigenvalue weighted by Crippen LogP contribution is 2.15. The van der Waals surface area contributed by atoms with Gasteiger partial charge in [-0.25, -0.2) is 4.98 Å². The summed E-state index contributed by atoms with van der Waals surface area (Å²) in [7, 11) is 0. The molecular weight excluding hydrogens is 436 g/mol. The molecule has 150 valence electrons.